The van der Waals surface area contributed by atoms with Crippen LogP contribution in [0.25, 0.3) is 10.9 Å². The second kappa shape index (κ2) is 5.91. The molecular weight excluding hydrogens is 238 g/mol. The Morgan fingerprint density at radius 2 is 2.05 bits per heavy atom. The van der Waals surface area contributed by atoms with Gasteiger partial charge in [0.25, 0.3) is 0 Å². The number of hydrogen-bond acceptors (Lipinski definition) is 1. The van der Waals surface area contributed by atoms with Gasteiger partial charge >= 0.3 is 5.97 Å². The molecule has 102 valence electrons. The smallest absolute Gasteiger partial charge is 0.335 e. The largest absolute Gasteiger partial charge is 0.478 e. The molecule has 0 amide bonds. The summed E-state index contributed by atoms with van der Waals surface area (Å²) in [7, 11) is 0. The Balaban J connectivity index is 2.50. The molecule has 0 spiro atoms. The van der Waals surface area contributed by atoms with Crippen molar-refractivity contribution in [2.75, 3.05) is 0 Å². The number of aromatic nitrogens is 1. The number of nitrogens with zero attached hydrogens (tertiary/aromatic N) is 1. The standard InChI is InChI=1S/C16H21NO2/c1-3-5-9-17-11-13(6-4-2)14-10-12(16(18)19)7-8-15(14)17/h7-8,10-11H,3-6,9H2,1-2H3,(H,18,19). The van der Waals surface area contributed by atoms with Crippen molar-refractivity contribution in [2.24, 2.45) is 0 Å². The molecule has 0 saturated heterocycles. The molecule has 3 heteroatoms. The van der Waals surface area contributed by atoms with E-state index in [0.29, 0.717) is 5.56 Å². The Labute approximate surface area is 113 Å². The highest BCUT2D eigenvalue weighted by molar-refractivity contribution is 5.95. The molecule has 19 heavy (non-hydrogen) atoms. The molecule has 2 aromatic rings. The van der Waals surface area contributed by atoms with Crippen LogP contribution in [0.5, 0.6) is 0 Å². The third-order valence-corrected chi connectivity index (χ3v) is 3.48. The number of fused-ring (bicyclic) bond motifs is 1. The fourth-order valence-electron chi connectivity index (χ4n) is 2.49. The van der Waals surface area contributed by atoms with Gasteiger partial charge in [0.15, 0.2) is 0 Å². The molecular formula is C16H21NO2. The fraction of sp³-hybridized carbons (Fsp3) is 0.438. The monoisotopic (exact) mass is 259 g/mol. The number of aromatic carboxylic acids is 1. The van der Waals surface area contributed by atoms with Gasteiger partial charge < -0.3 is 9.67 Å². The van der Waals surface area contributed by atoms with Crippen LogP contribution in [-0.2, 0) is 13.0 Å². The Hall–Kier alpha value is -1.77. The topological polar surface area (TPSA) is 42.2 Å². The van der Waals surface area contributed by atoms with Gasteiger partial charge in [-0.2, -0.15) is 0 Å². The predicted octanol–water partition coefficient (Wildman–Crippen LogP) is 4.09. The van der Waals surface area contributed by atoms with Crippen LogP contribution in [0.2, 0.25) is 0 Å². The molecule has 0 radical (unpaired) electrons. The van der Waals surface area contributed by atoms with Gasteiger partial charge in [-0.05, 0) is 36.6 Å². The van der Waals surface area contributed by atoms with E-state index in [4.69, 9.17) is 5.11 Å². The van der Waals surface area contributed by atoms with Gasteiger partial charge in [0.05, 0.1) is 5.56 Å². The maximum absolute atomic E-state index is 11.1. The Morgan fingerprint density at radius 1 is 1.26 bits per heavy atom. The third kappa shape index (κ3) is 2.80. The van der Waals surface area contributed by atoms with Crippen molar-refractivity contribution in [1.82, 2.24) is 4.57 Å². The zero-order valence-electron chi connectivity index (χ0n) is 11.6. The molecule has 0 saturated carbocycles. The third-order valence-electron chi connectivity index (χ3n) is 3.48. The van der Waals surface area contributed by atoms with E-state index in [9.17, 15) is 4.79 Å². The van der Waals surface area contributed by atoms with E-state index in [1.165, 1.54) is 5.56 Å². The van der Waals surface area contributed by atoms with Gasteiger partial charge in [0.1, 0.15) is 0 Å². The van der Waals surface area contributed by atoms with Crippen LogP contribution in [-0.4, -0.2) is 15.6 Å². The Bertz CT molecular complexity index is 584. The molecule has 0 unspecified atom stereocenters. The number of carboxylic acid groups (broad SMARTS) is 1. The average molecular weight is 259 g/mol. The number of benzene rings is 1. The molecule has 1 aromatic heterocycles. The quantitative estimate of drug-likeness (QED) is 0.849. The summed E-state index contributed by atoms with van der Waals surface area (Å²) < 4.78 is 2.26. The minimum absolute atomic E-state index is 0.373. The van der Waals surface area contributed by atoms with Crippen molar-refractivity contribution in [1.29, 1.82) is 0 Å². The molecule has 2 rings (SSSR count). The number of hydrogen-bond donors (Lipinski definition) is 1. The number of carbonyl (C=O) groups is 1. The molecule has 1 aromatic carbocycles. The maximum atomic E-state index is 11.1. The first kappa shape index (κ1) is 13.7. The lowest BCUT2D eigenvalue weighted by molar-refractivity contribution is 0.0697. The van der Waals surface area contributed by atoms with Crippen molar-refractivity contribution >= 4 is 16.9 Å². The first-order valence-corrected chi connectivity index (χ1v) is 7.02. The second-order valence-electron chi connectivity index (χ2n) is 4.99. The number of rotatable bonds is 6. The molecule has 1 N–H and O–H groups in total. The minimum Gasteiger partial charge on any atom is -0.478 e. The highest BCUT2D eigenvalue weighted by Gasteiger charge is 2.11. The zero-order valence-corrected chi connectivity index (χ0v) is 11.6. The summed E-state index contributed by atoms with van der Waals surface area (Å²) in [6.45, 7) is 5.33. The molecule has 0 bridgehead atoms. The molecule has 0 aliphatic rings. The second-order valence-corrected chi connectivity index (χ2v) is 4.99. The first-order chi connectivity index (χ1) is 9.17. The summed E-state index contributed by atoms with van der Waals surface area (Å²) in [5, 5.41) is 10.2. The summed E-state index contributed by atoms with van der Waals surface area (Å²) >= 11 is 0. The van der Waals surface area contributed by atoms with E-state index in [1.807, 2.05) is 12.1 Å². The van der Waals surface area contributed by atoms with Crippen LogP contribution < -0.4 is 0 Å². The van der Waals surface area contributed by atoms with Gasteiger partial charge in [-0.25, -0.2) is 4.79 Å². The van der Waals surface area contributed by atoms with Crippen LogP contribution in [0.4, 0.5) is 0 Å². The number of carboxylic acids is 1. The van der Waals surface area contributed by atoms with Crippen LogP contribution in [0.1, 0.15) is 49.0 Å². The van der Waals surface area contributed by atoms with Crippen LogP contribution in [0, 0.1) is 0 Å². The zero-order chi connectivity index (χ0) is 13.8. The minimum atomic E-state index is -0.856. The summed E-state index contributed by atoms with van der Waals surface area (Å²) in [6.07, 6.45) is 6.57. The predicted molar refractivity (Wildman–Crippen MR) is 77.8 cm³/mol. The summed E-state index contributed by atoms with van der Waals surface area (Å²) in [5.41, 5.74) is 2.79. The summed E-state index contributed by atoms with van der Waals surface area (Å²) in [6, 6.07) is 5.45. The average Bonchev–Trinajstić information content (AvgIpc) is 2.74. The molecule has 0 atom stereocenters. The van der Waals surface area contributed by atoms with Crippen molar-refractivity contribution < 1.29 is 9.90 Å². The van der Waals surface area contributed by atoms with Gasteiger partial charge in [-0.1, -0.05) is 26.7 Å². The van der Waals surface area contributed by atoms with Gasteiger partial charge in [0.2, 0.25) is 0 Å². The molecule has 0 aliphatic carbocycles. The van der Waals surface area contributed by atoms with Gasteiger partial charge in [0, 0.05) is 23.6 Å². The molecule has 3 nitrogen and oxygen atoms in total. The molecule has 0 aliphatic heterocycles. The van der Waals surface area contributed by atoms with Crippen molar-refractivity contribution in [3.8, 4) is 0 Å². The van der Waals surface area contributed by atoms with E-state index in [0.717, 1.165) is 43.1 Å². The lowest BCUT2D eigenvalue weighted by atomic mass is 10.1. The molecule has 0 fully saturated rings. The highest BCUT2D eigenvalue weighted by atomic mass is 16.4. The van der Waals surface area contributed by atoms with Gasteiger partial charge in [-0.3, -0.25) is 0 Å². The maximum Gasteiger partial charge on any atom is 0.335 e. The van der Waals surface area contributed by atoms with E-state index >= 15 is 0 Å². The van der Waals surface area contributed by atoms with Crippen molar-refractivity contribution in [2.45, 2.75) is 46.1 Å². The summed E-state index contributed by atoms with van der Waals surface area (Å²) in [4.78, 5) is 11.1. The van der Waals surface area contributed by atoms with Crippen LogP contribution in [0.3, 0.4) is 0 Å². The van der Waals surface area contributed by atoms with Crippen molar-refractivity contribution in [3.05, 3.63) is 35.5 Å². The van der Waals surface area contributed by atoms with E-state index in [-0.39, 0.29) is 0 Å². The highest BCUT2D eigenvalue weighted by Crippen LogP contribution is 2.24. The van der Waals surface area contributed by atoms with E-state index < -0.39 is 5.97 Å². The number of unbranched alkanes of at least 4 members (excludes halogenated alkanes) is 1. The lowest BCUT2D eigenvalue weighted by Gasteiger charge is -2.04. The normalized spacial score (nSPS) is 11.1. The van der Waals surface area contributed by atoms with Crippen LogP contribution in [0.15, 0.2) is 24.4 Å². The van der Waals surface area contributed by atoms with Crippen molar-refractivity contribution in [3.63, 3.8) is 0 Å². The van der Waals surface area contributed by atoms with Gasteiger partial charge in [-0.15, -0.1) is 0 Å². The fourth-order valence-corrected chi connectivity index (χ4v) is 2.49. The van der Waals surface area contributed by atoms with E-state index in [2.05, 4.69) is 24.6 Å². The van der Waals surface area contributed by atoms with Crippen LogP contribution >= 0.6 is 0 Å². The molecule has 1 heterocycles. The SMILES string of the molecule is CCCCn1cc(CCC)c2cc(C(=O)O)ccc21. The first-order valence-electron chi connectivity index (χ1n) is 7.02. The lowest BCUT2D eigenvalue weighted by Crippen LogP contribution is -1.97. The number of aryl methyl sites for hydroxylation is 2. The summed E-state index contributed by atoms with van der Waals surface area (Å²) in [5.74, 6) is -0.856. The Kier molecular flexibility index (Phi) is 4.25. The Morgan fingerprint density at radius 3 is 2.68 bits per heavy atom. The van der Waals surface area contributed by atoms with E-state index in [1.54, 1.807) is 6.07 Å².